The minimum absolute atomic E-state index is 0.0685. The molecule has 5 nitrogen and oxygen atoms in total. The SMILES string of the molecule is Cc1cccc(C[C@H](C)NC(=O)N2CCN(C3CCSCC3)CC2)n1. The Labute approximate surface area is 155 Å². The van der Waals surface area contributed by atoms with Crippen LogP contribution < -0.4 is 5.32 Å². The van der Waals surface area contributed by atoms with Crippen molar-refractivity contribution < 1.29 is 4.79 Å². The molecule has 1 aromatic heterocycles. The van der Waals surface area contributed by atoms with E-state index in [9.17, 15) is 4.79 Å². The van der Waals surface area contributed by atoms with Gasteiger partial charge in [-0.25, -0.2) is 4.79 Å². The summed E-state index contributed by atoms with van der Waals surface area (Å²) in [7, 11) is 0. The van der Waals surface area contributed by atoms with E-state index in [2.05, 4.69) is 33.9 Å². The lowest BCUT2D eigenvalue weighted by atomic mass is 10.1. The standard InChI is InChI=1S/C19H30N4OS/c1-15-4-3-5-17(20-15)14-16(2)21-19(24)23-10-8-22(9-11-23)18-6-12-25-13-7-18/h3-5,16,18H,6-14H2,1-2H3,(H,21,24)/t16-/m0/s1. The largest absolute Gasteiger partial charge is 0.335 e. The zero-order valence-corrected chi connectivity index (χ0v) is 16.2. The first kappa shape index (κ1) is 18.5. The van der Waals surface area contributed by atoms with Gasteiger partial charge < -0.3 is 10.2 Å². The molecule has 6 heteroatoms. The molecule has 2 aliphatic rings. The van der Waals surface area contributed by atoms with Gasteiger partial charge in [-0.05, 0) is 50.3 Å². The van der Waals surface area contributed by atoms with Gasteiger partial charge in [0, 0.05) is 56.1 Å². The number of amides is 2. The van der Waals surface area contributed by atoms with E-state index < -0.39 is 0 Å². The highest BCUT2D eigenvalue weighted by Crippen LogP contribution is 2.22. The molecule has 3 heterocycles. The van der Waals surface area contributed by atoms with Crippen LogP contribution in [0.1, 0.15) is 31.2 Å². The number of aryl methyl sites for hydroxylation is 1. The fourth-order valence-electron chi connectivity index (χ4n) is 3.72. The maximum absolute atomic E-state index is 12.5. The van der Waals surface area contributed by atoms with Gasteiger partial charge in [0.25, 0.3) is 0 Å². The molecule has 138 valence electrons. The Morgan fingerprint density at radius 2 is 2.00 bits per heavy atom. The van der Waals surface area contributed by atoms with E-state index in [1.807, 2.05) is 30.0 Å². The van der Waals surface area contributed by atoms with Gasteiger partial charge in [0.15, 0.2) is 0 Å². The average molecular weight is 363 g/mol. The fraction of sp³-hybridized carbons (Fsp3) is 0.684. The lowest BCUT2D eigenvalue weighted by Crippen LogP contribution is -2.55. The number of hydrogen-bond donors (Lipinski definition) is 1. The highest BCUT2D eigenvalue weighted by Gasteiger charge is 2.27. The molecular formula is C19H30N4OS. The smallest absolute Gasteiger partial charge is 0.317 e. The van der Waals surface area contributed by atoms with E-state index >= 15 is 0 Å². The monoisotopic (exact) mass is 362 g/mol. The second-order valence-corrected chi connectivity index (χ2v) is 8.42. The average Bonchev–Trinajstić information content (AvgIpc) is 2.62. The molecule has 0 aromatic carbocycles. The number of rotatable bonds is 4. The van der Waals surface area contributed by atoms with Crippen molar-refractivity contribution in [2.24, 2.45) is 0 Å². The molecule has 1 aromatic rings. The van der Waals surface area contributed by atoms with Gasteiger partial charge in [-0.1, -0.05) is 6.07 Å². The number of nitrogens with zero attached hydrogens (tertiary/aromatic N) is 3. The highest BCUT2D eigenvalue weighted by molar-refractivity contribution is 7.99. The Balaban J connectivity index is 1.42. The molecule has 0 saturated carbocycles. The molecule has 2 aliphatic heterocycles. The lowest BCUT2D eigenvalue weighted by molar-refractivity contribution is 0.103. The molecule has 2 saturated heterocycles. The first-order valence-electron chi connectivity index (χ1n) is 9.41. The zero-order valence-electron chi connectivity index (χ0n) is 15.4. The number of piperazine rings is 1. The van der Waals surface area contributed by atoms with Gasteiger partial charge in [-0.3, -0.25) is 9.88 Å². The molecule has 0 aliphatic carbocycles. The molecule has 2 amide bonds. The van der Waals surface area contributed by atoms with Crippen LogP contribution >= 0.6 is 11.8 Å². The number of carbonyl (C=O) groups excluding carboxylic acids is 1. The van der Waals surface area contributed by atoms with Crippen molar-refractivity contribution in [2.75, 3.05) is 37.7 Å². The Morgan fingerprint density at radius 3 is 2.68 bits per heavy atom. The van der Waals surface area contributed by atoms with Crippen molar-refractivity contribution in [1.82, 2.24) is 20.1 Å². The van der Waals surface area contributed by atoms with Gasteiger partial charge in [0.05, 0.1) is 0 Å². The second-order valence-electron chi connectivity index (χ2n) is 7.19. The summed E-state index contributed by atoms with van der Waals surface area (Å²) in [5, 5.41) is 3.14. The van der Waals surface area contributed by atoms with Crippen molar-refractivity contribution in [3.05, 3.63) is 29.6 Å². The van der Waals surface area contributed by atoms with Crippen LogP contribution in [0.5, 0.6) is 0 Å². The number of hydrogen-bond acceptors (Lipinski definition) is 4. The minimum atomic E-state index is 0.0685. The van der Waals surface area contributed by atoms with Crippen LogP contribution in [0, 0.1) is 6.92 Å². The number of urea groups is 1. The molecule has 25 heavy (non-hydrogen) atoms. The summed E-state index contributed by atoms with van der Waals surface area (Å²) < 4.78 is 0. The van der Waals surface area contributed by atoms with Crippen LogP contribution in [0.4, 0.5) is 4.79 Å². The first-order valence-corrected chi connectivity index (χ1v) is 10.6. The summed E-state index contributed by atoms with van der Waals surface area (Å²) in [5.41, 5.74) is 2.06. The van der Waals surface area contributed by atoms with Gasteiger partial charge in [0.1, 0.15) is 0 Å². The molecular weight excluding hydrogens is 332 g/mol. The van der Waals surface area contributed by atoms with Crippen LogP contribution in [-0.2, 0) is 6.42 Å². The van der Waals surface area contributed by atoms with Crippen molar-refractivity contribution in [3.8, 4) is 0 Å². The normalized spacial score (nSPS) is 21.1. The third kappa shape index (κ3) is 5.35. The van der Waals surface area contributed by atoms with E-state index in [1.165, 1.54) is 24.3 Å². The minimum Gasteiger partial charge on any atom is -0.335 e. The highest BCUT2D eigenvalue weighted by atomic mass is 32.2. The van der Waals surface area contributed by atoms with Crippen LogP contribution in [0.25, 0.3) is 0 Å². The van der Waals surface area contributed by atoms with E-state index in [1.54, 1.807) is 0 Å². The third-order valence-corrected chi connectivity index (χ3v) is 6.19. The van der Waals surface area contributed by atoms with Crippen molar-refractivity contribution in [3.63, 3.8) is 0 Å². The van der Waals surface area contributed by atoms with E-state index in [4.69, 9.17) is 0 Å². The Hall–Kier alpha value is -1.27. The first-order chi connectivity index (χ1) is 12.1. The summed E-state index contributed by atoms with van der Waals surface area (Å²) in [6.07, 6.45) is 3.38. The van der Waals surface area contributed by atoms with E-state index in [0.717, 1.165) is 50.0 Å². The number of carbonyl (C=O) groups is 1. The Kier molecular flexibility index (Phi) is 6.59. The van der Waals surface area contributed by atoms with Crippen molar-refractivity contribution in [2.45, 2.75) is 45.2 Å². The Bertz CT molecular complexity index is 568. The molecule has 0 radical (unpaired) electrons. The molecule has 0 unspecified atom stereocenters. The summed E-state index contributed by atoms with van der Waals surface area (Å²) in [4.78, 5) is 21.6. The third-order valence-electron chi connectivity index (χ3n) is 5.14. The number of aromatic nitrogens is 1. The zero-order chi connectivity index (χ0) is 17.6. The Morgan fingerprint density at radius 1 is 1.28 bits per heavy atom. The van der Waals surface area contributed by atoms with Gasteiger partial charge in [-0.15, -0.1) is 0 Å². The van der Waals surface area contributed by atoms with Gasteiger partial charge >= 0.3 is 6.03 Å². The summed E-state index contributed by atoms with van der Waals surface area (Å²) in [5.74, 6) is 2.58. The van der Waals surface area contributed by atoms with Crippen LogP contribution in [-0.4, -0.2) is 70.6 Å². The summed E-state index contributed by atoms with van der Waals surface area (Å²) >= 11 is 2.07. The van der Waals surface area contributed by atoms with Crippen LogP contribution in [0.3, 0.4) is 0 Å². The van der Waals surface area contributed by atoms with Crippen LogP contribution in [0.15, 0.2) is 18.2 Å². The van der Waals surface area contributed by atoms with E-state index in [-0.39, 0.29) is 12.1 Å². The summed E-state index contributed by atoms with van der Waals surface area (Å²) in [6, 6.07) is 6.94. The molecule has 0 spiro atoms. The van der Waals surface area contributed by atoms with Crippen molar-refractivity contribution in [1.29, 1.82) is 0 Å². The molecule has 2 fully saturated rings. The van der Waals surface area contributed by atoms with Gasteiger partial charge in [-0.2, -0.15) is 11.8 Å². The summed E-state index contributed by atoms with van der Waals surface area (Å²) in [6.45, 7) is 7.75. The molecule has 1 atom stereocenters. The topological polar surface area (TPSA) is 48.5 Å². The van der Waals surface area contributed by atoms with E-state index in [0.29, 0.717) is 0 Å². The predicted molar refractivity (Wildman–Crippen MR) is 104 cm³/mol. The van der Waals surface area contributed by atoms with Crippen molar-refractivity contribution >= 4 is 17.8 Å². The molecule has 1 N–H and O–H groups in total. The number of nitrogens with one attached hydrogen (secondary N) is 1. The number of thioether (sulfide) groups is 1. The molecule has 0 bridgehead atoms. The maximum atomic E-state index is 12.5. The molecule has 3 rings (SSSR count). The second kappa shape index (κ2) is 8.90. The lowest BCUT2D eigenvalue weighted by Gasteiger charge is -2.40. The van der Waals surface area contributed by atoms with Crippen LogP contribution in [0.2, 0.25) is 0 Å². The number of pyridine rings is 1. The quantitative estimate of drug-likeness (QED) is 0.894. The van der Waals surface area contributed by atoms with Gasteiger partial charge in [0.2, 0.25) is 0 Å². The maximum Gasteiger partial charge on any atom is 0.317 e. The fourth-order valence-corrected chi connectivity index (χ4v) is 4.80. The predicted octanol–water partition coefficient (Wildman–Crippen LogP) is 2.54.